The molecule has 0 amide bonds. The van der Waals surface area contributed by atoms with Crippen LogP contribution in [-0.2, 0) is 9.84 Å². The summed E-state index contributed by atoms with van der Waals surface area (Å²) < 4.78 is 27.2. The summed E-state index contributed by atoms with van der Waals surface area (Å²) in [7, 11) is -1.53. The Hall–Kier alpha value is -1.63. The quantitative estimate of drug-likeness (QED) is 0.814. The summed E-state index contributed by atoms with van der Waals surface area (Å²) in [5.41, 5.74) is 0. The van der Waals surface area contributed by atoms with E-state index in [0.717, 1.165) is 0 Å². The number of hydrogen-bond acceptors (Lipinski definition) is 6. The second-order valence-corrected chi connectivity index (χ2v) is 5.29. The molecule has 1 aromatic heterocycles. The molecule has 0 saturated carbocycles. The lowest BCUT2D eigenvalue weighted by molar-refractivity contribution is 0.411. The van der Waals surface area contributed by atoms with Crippen molar-refractivity contribution in [3.8, 4) is 5.75 Å². The first-order chi connectivity index (χ1) is 7.59. The fraction of sp³-hybridized carbons (Fsp3) is 0.333. The van der Waals surface area contributed by atoms with E-state index in [4.69, 9.17) is 4.74 Å². The van der Waals surface area contributed by atoms with Crippen LogP contribution in [0.2, 0.25) is 0 Å². The molecule has 0 fully saturated rings. The van der Waals surface area contributed by atoms with Crippen LogP contribution in [0, 0.1) is 0 Å². The van der Waals surface area contributed by atoms with Crippen LogP contribution in [0.15, 0.2) is 23.9 Å². The number of ether oxygens (including phenoxy) is 1. The van der Waals surface area contributed by atoms with E-state index in [-0.39, 0.29) is 11.8 Å². The summed E-state index contributed by atoms with van der Waals surface area (Å²) in [4.78, 5) is 7.97. The largest absolute Gasteiger partial charge is 0.494 e. The molecule has 2 heterocycles. The van der Waals surface area contributed by atoms with Crippen LogP contribution in [0.25, 0.3) is 0 Å². The first-order valence-corrected chi connectivity index (χ1v) is 6.34. The molecule has 0 saturated heterocycles. The van der Waals surface area contributed by atoms with Gasteiger partial charge in [-0.15, -0.1) is 0 Å². The highest BCUT2D eigenvalue weighted by atomic mass is 32.2. The molecule has 6 nitrogen and oxygen atoms in total. The number of methoxy groups -OCH3 is 1. The molecule has 1 N–H and O–H groups in total. The van der Waals surface area contributed by atoms with E-state index in [1.54, 1.807) is 6.08 Å². The van der Waals surface area contributed by atoms with E-state index in [9.17, 15) is 8.42 Å². The highest BCUT2D eigenvalue weighted by Gasteiger charge is 2.21. The zero-order valence-corrected chi connectivity index (χ0v) is 9.44. The zero-order chi connectivity index (χ0) is 11.6. The maximum absolute atomic E-state index is 11.1. The molecule has 1 aliphatic heterocycles. The molecular formula is C9H11N3O3S. The standard InChI is InChI=1S/C9H11N3O3S/c1-15-8-4-10-9(11-5-8)12-7-2-3-16(13,14)6-7/h2-5,7H,6H2,1H3,(H,10,11,12). The van der Waals surface area contributed by atoms with Crippen LogP contribution in [-0.4, -0.2) is 37.3 Å². The summed E-state index contributed by atoms with van der Waals surface area (Å²) >= 11 is 0. The summed E-state index contributed by atoms with van der Waals surface area (Å²) in [6, 6.07) is -0.265. The molecule has 0 spiro atoms. The lowest BCUT2D eigenvalue weighted by Gasteiger charge is -2.09. The fourth-order valence-electron chi connectivity index (χ4n) is 1.33. The van der Waals surface area contributed by atoms with Crippen LogP contribution in [0.4, 0.5) is 5.95 Å². The Bertz CT molecular complexity index is 495. The van der Waals surface area contributed by atoms with Gasteiger partial charge in [0.2, 0.25) is 5.95 Å². The molecule has 1 atom stereocenters. The molecule has 1 aliphatic rings. The molecule has 0 aliphatic carbocycles. The van der Waals surface area contributed by atoms with E-state index in [1.807, 2.05) is 0 Å². The van der Waals surface area contributed by atoms with E-state index in [2.05, 4.69) is 15.3 Å². The van der Waals surface area contributed by atoms with E-state index < -0.39 is 9.84 Å². The molecule has 16 heavy (non-hydrogen) atoms. The highest BCUT2D eigenvalue weighted by Crippen LogP contribution is 2.13. The smallest absolute Gasteiger partial charge is 0.223 e. The van der Waals surface area contributed by atoms with Crippen LogP contribution in [0.1, 0.15) is 0 Å². The van der Waals surface area contributed by atoms with Gasteiger partial charge in [0.05, 0.1) is 31.3 Å². The third-order valence-corrected chi connectivity index (χ3v) is 3.50. The van der Waals surface area contributed by atoms with Crippen LogP contribution in [0.5, 0.6) is 5.75 Å². The Morgan fingerprint density at radius 1 is 1.44 bits per heavy atom. The zero-order valence-electron chi connectivity index (χ0n) is 8.62. The summed E-state index contributed by atoms with van der Waals surface area (Å²) in [6.07, 6.45) is 4.62. The Labute approximate surface area is 93.3 Å². The second-order valence-electron chi connectivity index (χ2n) is 3.36. The predicted octanol–water partition coefficient (Wildman–Crippen LogP) is 0.208. The number of anilines is 1. The van der Waals surface area contributed by atoms with E-state index in [1.165, 1.54) is 24.9 Å². The summed E-state index contributed by atoms with van der Waals surface area (Å²) in [5, 5.41) is 4.11. The number of nitrogens with one attached hydrogen (secondary N) is 1. The van der Waals surface area contributed by atoms with Crippen molar-refractivity contribution in [3.05, 3.63) is 23.9 Å². The van der Waals surface area contributed by atoms with Gasteiger partial charge in [-0.2, -0.15) is 0 Å². The minimum atomic E-state index is -3.05. The second kappa shape index (κ2) is 4.09. The maximum atomic E-state index is 11.1. The average Bonchev–Trinajstić information content (AvgIpc) is 2.59. The summed E-state index contributed by atoms with van der Waals surface area (Å²) in [5.74, 6) is 0.982. The molecule has 1 unspecified atom stereocenters. The molecule has 0 bridgehead atoms. The monoisotopic (exact) mass is 241 g/mol. The van der Waals surface area contributed by atoms with Gasteiger partial charge in [0.1, 0.15) is 0 Å². The number of sulfone groups is 1. The Morgan fingerprint density at radius 2 is 2.12 bits per heavy atom. The molecule has 7 heteroatoms. The van der Waals surface area contributed by atoms with Gasteiger partial charge in [-0.25, -0.2) is 18.4 Å². The van der Waals surface area contributed by atoms with Crippen LogP contribution >= 0.6 is 0 Å². The van der Waals surface area contributed by atoms with Crippen molar-refractivity contribution >= 4 is 15.8 Å². The Balaban J connectivity index is 2.03. The van der Waals surface area contributed by atoms with Gasteiger partial charge in [-0.3, -0.25) is 0 Å². The Morgan fingerprint density at radius 3 is 2.62 bits per heavy atom. The lowest BCUT2D eigenvalue weighted by Crippen LogP contribution is -2.22. The molecule has 1 aromatic rings. The molecule has 2 rings (SSSR count). The maximum Gasteiger partial charge on any atom is 0.223 e. The Kier molecular flexibility index (Phi) is 2.78. The van der Waals surface area contributed by atoms with Crippen molar-refractivity contribution in [1.82, 2.24) is 9.97 Å². The summed E-state index contributed by atoms with van der Waals surface area (Å²) in [6.45, 7) is 0. The first kappa shape index (κ1) is 10.9. The topological polar surface area (TPSA) is 81.2 Å². The third kappa shape index (κ3) is 2.48. The number of rotatable bonds is 3. The number of aromatic nitrogens is 2. The van der Waals surface area contributed by atoms with Gasteiger partial charge in [0.15, 0.2) is 15.6 Å². The fourth-order valence-corrected chi connectivity index (χ4v) is 2.56. The highest BCUT2D eigenvalue weighted by molar-refractivity contribution is 7.94. The van der Waals surface area contributed by atoms with Crippen molar-refractivity contribution in [2.45, 2.75) is 6.04 Å². The van der Waals surface area contributed by atoms with Gasteiger partial charge in [0, 0.05) is 5.41 Å². The van der Waals surface area contributed by atoms with Crippen LogP contribution < -0.4 is 10.1 Å². The number of hydrogen-bond donors (Lipinski definition) is 1. The SMILES string of the molecule is COc1cnc(NC2C=CS(=O)(=O)C2)nc1. The molecule has 86 valence electrons. The first-order valence-electron chi connectivity index (χ1n) is 4.62. The normalized spacial score (nSPS) is 21.9. The van der Waals surface area contributed by atoms with Gasteiger partial charge >= 0.3 is 0 Å². The van der Waals surface area contributed by atoms with Crippen molar-refractivity contribution in [3.63, 3.8) is 0 Å². The van der Waals surface area contributed by atoms with Gasteiger partial charge in [-0.05, 0) is 6.08 Å². The van der Waals surface area contributed by atoms with Crippen molar-refractivity contribution < 1.29 is 13.2 Å². The van der Waals surface area contributed by atoms with Gasteiger partial charge in [-0.1, -0.05) is 0 Å². The molecule has 0 radical (unpaired) electrons. The van der Waals surface area contributed by atoms with Crippen LogP contribution in [0.3, 0.4) is 0 Å². The van der Waals surface area contributed by atoms with Crippen molar-refractivity contribution in [1.29, 1.82) is 0 Å². The lowest BCUT2D eigenvalue weighted by atomic mass is 10.3. The molecule has 0 aromatic carbocycles. The molecular weight excluding hydrogens is 230 g/mol. The van der Waals surface area contributed by atoms with Gasteiger partial charge in [0.25, 0.3) is 0 Å². The van der Waals surface area contributed by atoms with Crippen molar-refractivity contribution in [2.75, 3.05) is 18.2 Å². The minimum absolute atomic E-state index is 0.0440. The van der Waals surface area contributed by atoms with Crippen molar-refractivity contribution in [2.24, 2.45) is 0 Å². The average molecular weight is 241 g/mol. The number of nitrogens with zero attached hydrogens (tertiary/aromatic N) is 2. The minimum Gasteiger partial charge on any atom is -0.494 e. The third-order valence-electron chi connectivity index (χ3n) is 2.11. The van der Waals surface area contributed by atoms with E-state index in [0.29, 0.717) is 11.7 Å². The van der Waals surface area contributed by atoms with Gasteiger partial charge < -0.3 is 10.1 Å². The van der Waals surface area contributed by atoms with E-state index >= 15 is 0 Å². The predicted molar refractivity (Wildman–Crippen MR) is 58.9 cm³/mol.